The minimum Gasteiger partial charge on any atom is -0.493 e. The van der Waals surface area contributed by atoms with E-state index in [1.54, 1.807) is 14.2 Å². The van der Waals surface area contributed by atoms with E-state index in [1.807, 2.05) is 6.07 Å². The van der Waals surface area contributed by atoms with Crippen LogP contribution in [0.25, 0.3) is 0 Å². The molecule has 0 amide bonds. The molecule has 4 nitrogen and oxygen atoms in total. The first-order valence-electron chi connectivity index (χ1n) is 7.35. The first-order chi connectivity index (χ1) is 9.83. The maximum absolute atomic E-state index is 5.83. The standard InChI is InChI=1S/C16H25NO3/c1-18-9-3-4-10-20-16-11-13(5-8-15(16)19-2)12-17-14-6-7-14/h5,8,11,14,17H,3-4,6-7,9-10,12H2,1-2H3. The Bertz CT molecular complexity index is 405. The molecule has 1 N–H and O–H groups in total. The third kappa shape index (κ3) is 5.02. The Kier molecular flexibility index (Phi) is 6.15. The fourth-order valence-electron chi connectivity index (χ4n) is 2.02. The van der Waals surface area contributed by atoms with Gasteiger partial charge in [-0.15, -0.1) is 0 Å². The van der Waals surface area contributed by atoms with Crippen LogP contribution >= 0.6 is 0 Å². The lowest BCUT2D eigenvalue weighted by molar-refractivity contribution is 0.183. The number of unbranched alkanes of at least 4 members (excludes halogenated alkanes) is 1. The fraction of sp³-hybridized carbons (Fsp3) is 0.625. The van der Waals surface area contributed by atoms with Gasteiger partial charge in [-0.25, -0.2) is 0 Å². The van der Waals surface area contributed by atoms with Gasteiger partial charge in [0.25, 0.3) is 0 Å². The lowest BCUT2D eigenvalue weighted by atomic mass is 10.2. The Balaban J connectivity index is 1.84. The number of rotatable bonds is 10. The van der Waals surface area contributed by atoms with Gasteiger partial charge in [0.15, 0.2) is 11.5 Å². The number of nitrogens with one attached hydrogen (secondary N) is 1. The third-order valence-corrected chi connectivity index (χ3v) is 3.40. The van der Waals surface area contributed by atoms with E-state index in [9.17, 15) is 0 Å². The van der Waals surface area contributed by atoms with Crippen molar-refractivity contribution in [2.45, 2.75) is 38.3 Å². The number of benzene rings is 1. The van der Waals surface area contributed by atoms with Crippen LogP contribution < -0.4 is 14.8 Å². The van der Waals surface area contributed by atoms with Crippen molar-refractivity contribution in [2.24, 2.45) is 0 Å². The predicted molar refractivity (Wildman–Crippen MR) is 79.5 cm³/mol. The summed E-state index contributed by atoms with van der Waals surface area (Å²) in [4.78, 5) is 0. The molecule has 0 radical (unpaired) electrons. The van der Waals surface area contributed by atoms with Crippen molar-refractivity contribution in [1.82, 2.24) is 5.32 Å². The quantitative estimate of drug-likeness (QED) is 0.669. The summed E-state index contributed by atoms with van der Waals surface area (Å²) < 4.78 is 16.2. The zero-order chi connectivity index (χ0) is 14.2. The maximum atomic E-state index is 5.83. The SMILES string of the molecule is COCCCCOc1cc(CNC2CC2)ccc1OC. The highest BCUT2D eigenvalue weighted by atomic mass is 16.5. The predicted octanol–water partition coefficient (Wildman–Crippen LogP) is 2.75. The monoisotopic (exact) mass is 279 g/mol. The third-order valence-electron chi connectivity index (χ3n) is 3.40. The summed E-state index contributed by atoms with van der Waals surface area (Å²) in [5.41, 5.74) is 1.24. The summed E-state index contributed by atoms with van der Waals surface area (Å²) in [6.45, 7) is 2.37. The smallest absolute Gasteiger partial charge is 0.161 e. The van der Waals surface area contributed by atoms with Gasteiger partial charge in [0, 0.05) is 26.3 Å². The summed E-state index contributed by atoms with van der Waals surface area (Å²) in [5, 5.41) is 3.51. The topological polar surface area (TPSA) is 39.7 Å². The lowest BCUT2D eigenvalue weighted by Gasteiger charge is -2.12. The first kappa shape index (κ1) is 15.1. The molecular weight excluding hydrogens is 254 g/mol. The highest BCUT2D eigenvalue weighted by Gasteiger charge is 2.20. The molecule has 1 aliphatic rings. The Morgan fingerprint density at radius 1 is 1.10 bits per heavy atom. The molecule has 0 unspecified atom stereocenters. The van der Waals surface area contributed by atoms with E-state index in [4.69, 9.17) is 14.2 Å². The van der Waals surface area contributed by atoms with Crippen molar-refractivity contribution in [3.63, 3.8) is 0 Å². The molecule has 0 heterocycles. The molecule has 0 spiro atoms. The minimum atomic E-state index is 0.694. The van der Waals surface area contributed by atoms with Crippen molar-refractivity contribution in [3.05, 3.63) is 23.8 Å². The Labute approximate surface area is 121 Å². The van der Waals surface area contributed by atoms with E-state index < -0.39 is 0 Å². The normalized spacial score (nSPS) is 14.3. The Hall–Kier alpha value is -1.26. The van der Waals surface area contributed by atoms with Crippen LogP contribution in [0.5, 0.6) is 11.5 Å². The molecule has 1 aromatic rings. The number of hydrogen-bond donors (Lipinski definition) is 1. The highest BCUT2D eigenvalue weighted by Crippen LogP contribution is 2.28. The van der Waals surface area contributed by atoms with Crippen LogP contribution in [0.2, 0.25) is 0 Å². The molecule has 112 valence electrons. The second-order valence-electron chi connectivity index (χ2n) is 5.19. The molecule has 1 saturated carbocycles. The van der Waals surface area contributed by atoms with E-state index in [2.05, 4.69) is 17.4 Å². The van der Waals surface area contributed by atoms with Crippen LogP contribution in [-0.2, 0) is 11.3 Å². The van der Waals surface area contributed by atoms with Gasteiger partial charge in [-0.3, -0.25) is 0 Å². The molecule has 20 heavy (non-hydrogen) atoms. The molecule has 1 aromatic carbocycles. The van der Waals surface area contributed by atoms with Gasteiger partial charge in [0.1, 0.15) is 0 Å². The molecule has 0 aromatic heterocycles. The molecular formula is C16H25NO3. The molecule has 0 saturated heterocycles. The van der Waals surface area contributed by atoms with Gasteiger partial charge in [-0.2, -0.15) is 0 Å². The molecule has 2 rings (SSSR count). The average molecular weight is 279 g/mol. The second kappa shape index (κ2) is 8.12. The van der Waals surface area contributed by atoms with Crippen LogP contribution in [0, 0.1) is 0 Å². The molecule has 0 bridgehead atoms. The van der Waals surface area contributed by atoms with E-state index >= 15 is 0 Å². The molecule has 1 aliphatic carbocycles. The van der Waals surface area contributed by atoms with Gasteiger partial charge in [-0.1, -0.05) is 6.07 Å². The summed E-state index contributed by atoms with van der Waals surface area (Å²) in [6, 6.07) is 6.86. The van der Waals surface area contributed by atoms with Gasteiger partial charge >= 0.3 is 0 Å². The van der Waals surface area contributed by atoms with E-state index in [1.165, 1.54) is 18.4 Å². The van der Waals surface area contributed by atoms with Gasteiger partial charge in [0.2, 0.25) is 0 Å². The van der Waals surface area contributed by atoms with Crippen LogP contribution in [0.3, 0.4) is 0 Å². The van der Waals surface area contributed by atoms with Crippen molar-refractivity contribution >= 4 is 0 Å². The van der Waals surface area contributed by atoms with Crippen molar-refractivity contribution < 1.29 is 14.2 Å². The number of methoxy groups -OCH3 is 2. The highest BCUT2D eigenvalue weighted by molar-refractivity contribution is 5.43. The molecule has 1 fully saturated rings. The van der Waals surface area contributed by atoms with Crippen LogP contribution in [-0.4, -0.2) is 33.5 Å². The lowest BCUT2D eigenvalue weighted by Crippen LogP contribution is -2.15. The zero-order valence-corrected chi connectivity index (χ0v) is 12.5. The van der Waals surface area contributed by atoms with E-state index in [-0.39, 0.29) is 0 Å². The van der Waals surface area contributed by atoms with Gasteiger partial charge < -0.3 is 19.5 Å². The molecule has 4 heteroatoms. The largest absolute Gasteiger partial charge is 0.493 e. The average Bonchev–Trinajstić information content (AvgIpc) is 3.29. The number of hydrogen-bond acceptors (Lipinski definition) is 4. The summed E-state index contributed by atoms with van der Waals surface area (Å²) >= 11 is 0. The van der Waals surface area contributed by atoms with Crippen LogP contribution in [0.1, 0.15) is 31.2 Å². The van der Waals surface area contributed by atoms with Gasteiger partial charge in [-0.05, 0) is 43.4 Å². The van der Waals surface area contributed by atoms with E-state index in [0.29, 0.717) is 6.61 Å². The van der Waals surface area contributed by atoms with Crippen LogP contribution in [0.15, 0.2) is 18.2 Å². The summed E-state index contributed by atoms with van der Waals surface area (Å²) in [7, 11) is 3.40. The zero-order valence-electron chi connectivity index (χ0n) is 12.5. The molecule has 0 aliphatic heterocycles. The van der Waals surface area contributed by atoms with E-state index in [0.717, 1.165) is 43.5 Å². The fourth-order valence-corrected chi connectivity index (χ4v) is 2.02. The Morgan fingerprint density at radius 2 is 1.90 bits per heavy atom. The molecule has 0 atom stereocenters. The second-order valence-corrected chi connectivity index (χ2v) is 5.19. The van der Waals surface area contributed by atoms with Crippen LogP contribution in [0.4, 0.5) is 0 Å². The van der Waals surface area contributed by atoms with Gasteiger partial charge in [0.05, 0.1) is 13.7 Å². The number of ether oxygens (including phenoxy) is 3. The summed E-state index contributed by atoms with van der Waals surface area (Å²) in [5.74, 6) is 1.63. The minimum absolute atomic E-state index is 0.694. The maximum Gasteiger partial charge on any atom is 0.161 e. The summed E-state index contributed by atoms with van der Waals surface area (Å²) in [6.07, 6.45) is 4.61. The first-order valence-corrected chi connectivity index (χ1v) is 7.35. The van der Waals surface area contributed by atoms with Crippen molar-refractivity contribution in [1.29, 1.82) is 0 Å². The van der Waals surface area contributed by atoms with Crippen molar-refractivity contribution in [3.8, 4) is 11.5 Å². The Morgan fingerprint density at radius 3 is 2.60 bits per heavy atom. The van der Waals surface area contributed by atoms with Crippen molar-refractivity contribution in [2.75, 3.05) is 27.4 Å².